The molecule has 0 aromatic rings. The Morgan fingerprint density at radius 3 is 2.85 bits per heavy atom. The van der Waals surface area contributed by atoms with Crippen molar-refractivity contribution in [3.63, 3.8) is 0 Å². The number of aliphatic hydroxyl groups is 1. The van der Waals surface area contributed by atoms with Crippen LogP contribution in [0.25, 0.3) is 0 Å². The van der Waals surface area contributed by atoms with Crippen LogP contribution in [0.2, 0.25) is 0 Å². The van der Waals surface area contributed by atoms with Crippen molar-refractivity contribution in [1.29, 1.82) is 0 Å². The van der Waals surface area contributed by atoms with E-state index in [0.29, 0.717) is 0 Å². The molecule has 1 heterocycles. The van der Waals surface area contributed by atoms with E-state index in [2.05, 4.69) is 11.9 Å². The average molecular weight is 186 g/mol. The van der Waals surface area contributed by atoms with Crippen molar-refractivity contribution in [3.05, 3.63) is 0 Å². The van der Waals surface area contributed by atoms with Crippen molar-refractivity contribution in [3.8, 4) is 0 Å². The van der Waals surface area contributed by atoms with Gasteiger partial charge in [-0.1, -0.05) is 13.3 Å². The molecular formula is C10H22N2O. The maximum absolute atomic E-state index is 9.13. The van der Waals surface area contributed by atoms with Crippen LogP contribution in [0, 0.1) is 5.92 Å². The number of aliphatic hydroxyl groups excluding tert-OH is 1. The van der Waals surface area contributed by atoms with Crippen molar-refractivity contribution < 1.29 is 5.11 Å². The minimum absolute atomic E-state index is 0.181. The SMILES string of the molecule is CC(CO)C1(N)CCCCN(C)C1. The van der Waals surface area contributed by atoms with Crippen LogP contribution in [0.4, 0.5) is 0 Å². The molecule has 0 aliphatic carbocycles. The number of nitrogens with zero attached hydrogens (tertiary/aromatic N) is 1. The van der Waals surface area contributed by atoms with E-state index in [4.69, 9.17) is 10.8 Å². The van der Waals surface area contributed by atoms with Crippen molar-refractivity contribution in [2.75, 3.05) is 26.7 Å². The number of likely N-dealkylation sites (tertiary alicyclic amines) is 1. The highest BCUT2D eigenvalue weighted by Crippen LogP contribution is 2.24. The molecule has 2 unspecified atom stereocenters. The lowest BCUT2D eigenvalue weighted by atomic mass is 9.82. The molecular weight excluding hydrogens is 164 g/mol. The Bertz CT molecular complexity index is 163. The molecule has 0 spiro atoms. The van der Waals surface area contributed by atoms with Crippen molar-refractivity contribution in [1.82, 2.24) is 4.90 Å². The molecule has 78 valence electrons. The Morgan fingerprint density at radius 1 is 1.54 bits per heavy atom. The highest BCUT2D eigenvalue weighted by Gasteiger charge is 2.33. The molecule has 0 bridgehead atoms. The maximum Gasteiger partial charge on any atom is 0.0474 e. The average Bonchev–Trinajstić information content (AvgIpc) is 2.26. The first-order chi connectivity index (χ1) is 6.08. The van der Waals surface area contributed by atoms with Crippen LogP contribution >= 0.6 is 0 Å². The minimum atomic E-state index is -0.181. The maximum atomic E-state index is 9.13. The third-order valence-corrected chi connectivity index (χ3v) is 3.25. The van der Waals surface area contributed by atoms with Gasteiger partial charge in [-0.15, -0.1) is 0 Å². The first-order valence-electron chi connectivity index (χ1n) is 5.17. The van der Waals surface area contributed by atoms with Crippen molar-refractivity contribution in [2.45, 2.75) is 31.7 Å². The lowest BCUT2D eigenvalue weighted by Crippen LogP contribution is -2.53. The van der Waals surface area contributed by atoms with Gasteiger partial charge < -0.3 is 15.7 Å². The number of hydrogen-bond acceptors (Lipinski definition) is 3. The molecule has 1 rings (SSSR count). The Hall–Kier alpha value is -0.120. The highest BCUT2D eigenvalue weighted by molar-refractivity contribution is 4.93. The summed E-state index contributed by atoms with van der Waals surface area (Å²) in [5, 5.41) is 9.13. The standard InChI is InChI=1S/C10H22N2O/c1-9(7-13)10(11)5-3-4-6-12(2)8-10/h9,13H,3-8,11H2,1-2H3. The Morgan fingerprint density at radius 2 is 2.23 bits per heavy atom. The van der Waals surface area contributed by atoms with E-state index in [1.54, 1.807) is 0 Å². The van der Waals surface area contributed by atoms with Gasteiger partial charge in [-0.05, 0) is 32.4 Å². The third kappa shape index (κ3) is 2.66. The number of likely N-dealkylation sites (N-methyl/N-ethyl adjacent to an activating group) is 1. The number of hydrogen-bond donors (Lipinski definition) is 2. The van der Waals surface area contributed by atoms with Crippen LogP contribution in [0.3, 0.4) is 0 Å². The molecule has 2 atom stereocenters. The predicted octanol–water partition coefficient (Wildman–Crippen LogP) is 0.428. The monoisotopic (exact) mass is 186 g/mol. The van der Waals surface area contributed by atoms with Crippen LogP contribution in [0.1, 0.15) is 26.2 Å². The van der Waals surface area contributed by atoms with Gasteiger partial charge in [-0.25, -0.2) is 0 Å². The summed E-state index contributed by atoms with van der Waals surface area (Å²) in [4.78, 5) is 2.28. The largest absolute Gasteiger partial charge is 0.396 e. The molecule has 3 heteroatoms. The summed E-state index contributed by atoms with van der Waals surface area (Å²) >= 11 is 0. The number of nitrogens with two attached hydrogens (primary N) is 1. The molecule has 3 N–H and O–H groups in total. The van der Waals surface area contributed by atoms with Crippen LogP contribution in [0.5, 0.6) is 0 Å². The fourth-order valence-corrected chi connectivity index (χ4v) is 2.08. The predicted molar refractivity (Wildman–Crippen MR) is 54.5 cm³/mol. The number of rotatable bonds is 2. The second-order valence-electron chi connectivity index (χ2n) is 4.51. The minimum Gasteiger partial charge on any atom is -0.396 e. The van der Waals surface area contributed by atoms with E-state index >= 15 is 0 Å². The summed E-state index contributed by atoms with van der Waals surface area (Å²) in [5.74, 6) is 0.202. The molecule has 1 aliphatic rings. The zero-order valence-corrected chi connectivity index (χ0v) is 8.79. The fourth-order valence-electron chi connectivity index (χ4n) is 2.08. The fraction of sp³-hybridized carbons (Fsp3) is 1.00. The first kappa shape index (κ1) is 11.0. The van der Waals surface area contributed by atoms with Crippen molar-refractivity contribution >= 4 is 0 Å². The van der Waals surface area contributed by atoms with Crippen LogP contribution in [0.15, 0.2) is 0 Å². The van der Waals surface area contributed by atoms with Gasteiger partial charge in [-0.3, -0.25) is 0 Å². The second kappa shape index (κ2) is 4.40. The Labute approximate surface area is 80.9 Å². The summed E-state index contributed by atoms with van der Waals surface area (Å²) in [6.45, 7) is 4.29. The topological polar surface area (TPSA) is 49.5 Å². The summed E-state index contributed by atoms with van der Waals surface area (Å²) in [5.41, 5.74) is 6.12. The smallest absolute Gasteiger partial charge is 0.0474 e. The van der Waals surface area contributed by atoms with Crippen LogP contribution in [-0.2, 0) is 0 Å². The van der Waals surface area contributed by atoms with Crippen LogP contribution in [-0.4, -0.2) is 42.3 Å². The molecule has 0 aromatic heterocycles. The lowest BCUT2D eigenvalue weighted by molar-refractivity contribution is 0.134. The quantitative estimate of drug-likeness (QED) is 0.657. The molecule has 13 heavy (non-hydrogen) atoms. The van der Waals surface area contributed by atoms with Gasteiger partial charge >= 0.3 is 0 Å². The van der Waals surface area contributed by atoms with E-state index in [-0.39, 0.29) is 18.1 Å². The van der Waals surface area contributed by atoms with Gasteiger partial charge in [0.2, 0.25) is 0 Å². The van der Waals surface area contributed by atoms with Gasteiger partial charge in [-0.2, -0.15) is 0 Å². The third-order valence-electron chi connectivity index (χ3n) is 3.25. The molecule has 0 radical (unpaired) electrons. The first-order valence-corrected chi connectivity index (χ1v) is 5.17. The van der Waals surface area contributed by atoms with Crippen molar-refractivity contribution in [2.24, 2.45) is 11.7 Å². The molecule has 3 nitrogen and oxygen atoms in total. The Kier molecular flexibility index (Phi) is 3.71. The normalized spacial score (nSPS) is 34.2. The van der Waals surface area contributed by atoms with E-state index in [9.17, 15) is 0 Å². The van der Waals surface area contributed by atoms with Gasteiger partial charge in [0.05, 0.1) is 0 Å². The molecule has 1 saturated heterocycles. The zero-order valence-electron chi connectivity index (χ0n) is 8.79. The van der Waals surface area contributed by atoms with Crippen LogP contribution < -0.4 is 5.73 Å². The van der Waals surface area contributed by atoms with Gasteiger partial charge in [0.1, 0.15) is 0 Å². The second-order valence-corrected chi connectivity index (χ2v) is 4.51. The van der Waals surface area contributed by atoms with Gasteiger partial charge in [0.15, 0.2) is 0 Å². The zero-order chi connectivity index (χ0) is 9.90. The summed E-state index contributed by atoms with van der Waals surface area (Å²) in [6, 6.07) is 0. The molecule has 0 amide bonds. The van der Waals surface area contributed by atoms with Gasteiger partial charge in [0.25, 0.3) is 0 Å². The molecule has 0 aromatic carbocycles. The van der Waals surface area contributed by atoms with E-state index < -0.39 is 0 Å². The van der Waals surface area contributed by atoms with Gasteiger partial charge in [0, 0.05) is 18.7 Å². The Balaban J connectivity index is 2.63. The van der Waals surface area contributed by atoms with E-state index in [1.165, 1.54) is 12.8 Å². The highest BCUT2D eigenvalue weighted by atomic mass is 16.3. The molecule has 1 aliphatic heterocycles. The van der Waals surface area contributed by atoms with E-state index in [0.717, 1.165) is 19.5 Å². The summed E-state index contributed by atoms with van der Waals surface area (Å²) < 4.78 is 0. The lowest BCUT2D eigenvalue weighted by Gasteiger charge is -2.35. The summed E-state index contributed by atoms with van der Waals surface area (Å²) in [7, 11) is 2.11. The summed E-state index contributed by atoms with van der Waals surface area (Å²) in [6.07, 6.45) is 3.46. The molecule has 1 fully saturated rings. The molecule has 0 saturated carbocycles. The van der Waals surface area contributed by atoms with E-state index in [1.807, 2.05) is 6.92 Å².